The Bertz CT molecular complexity index is 1780. The lowest BCUT2D eigenvalue weighted by Crippen LogP contribution is -2.49. The fourth-order valence-electron chi connectivity index (χ4n) is 5.10. The fourth-order valence-corrected chi connectivity index (χ4v) is 5.10. The van der Waals surface area contributed by atoms with E-state index in [1.54, 1.807) is 13.8 Å². The smallest absolute Gasteiger partial charge is 0.309 e. The van der Waals surface area contributed by atoms with Crippen LogP contribution in [-0.2, 0) is 4.65 Å². The summed E-state index contributed by atoms with van der Waals surface area (Å²) in [6, 6.07) is 39.0. The molecule has 0 saturated carbocycles. The van der Waals surface area contributed by atoms with Crippen molar-refractivity contribution < 1.29 is 9.76 Å². The monoisotopic (exact) mass is 497 g/mol. The first-order valence-electron chi connectivity index (χ1n) is 13.2. The van der Waals surface area contributed by atoms with E-state index in [4.69, 9.17) is 4.65 Å². The Morgan fingerprint density at radius 1 is 0.658 bits per heavy atom. The van der Waals surface area contributed by atoms with Gasteiger partial charge in [-0.2, -0.15) is 0 Å². The minimum absolute atomic E-state index is 0.434. The molecule has 188 valence electrons. The second-order valence-electron chi connectivity index (χ2n) is 11.1. The van der Waals surface area contributed by atoms with Gasteiger partial charge in [-0.15, -0.1) is 0 Å². The summed E-state index contributed by atoms with van der Waals surface area (Å²) in [6.07, 6.45) is 0. The van der Waals surface area contributed by atoms with Crippen molar-refractivity contribution in [1.82, 2.24) is 4.57 Å². The van der Waals surface area contributed by atoms with Gasteiger partial charge in [0, 0.05) is 16.5 Å². The van der Waals surface area contributed by atoms with Crippen LogP contribution in [-0.4, -0.2) is 28.4 Å². The molecule has 0 atom stereocenters. The summed E-state index contributed by atoms with van der Waals surface area (Å²) >= 11 is 0. The third-order valence-electron chi connectivity index (χ3n) is 8.00. The maximum Gasteiger partial charge on any atom is 0.309 e. The van der Waals surface area contributed by atoms with Gasteiger partial charge < -0.3 is 14.3 Å². The van der Waals surface area contributed by atoms with Crippen LogP contribution in [0.1, 0.15) is 27.7 Å². The summed E-state index contributed by atoms with van der Waals surface area (Å²) in [4.78, 5) is 0. The van der Waals surface area contributed by atoms with Crippen LogP contribution in [0.3, 0.4) is 0 Å². The number of hydrogen-bond acceptors (Lipinski definition) is 2. The molecule has 0 aliphatic rings. The quantitative estimate of drug-likeness (QED) is 0.248. The number of aromatic nitrogens is 1. The van der Waals surface area contributed by atoms with Crippen LogP contribution in [0.4, 0.5) is 0 Å². The van der Waals surface area contributed by atoms with Gasteiger partial charge in [-0.1, -0.05) is 90.4 Å². The predicted octanol–water partition coefficient (Wildman–Crippen LogP) is 7.15. The molecule has 1 aromatic heterocycles. The maximum atomic E-state index is 10.5. The van der Waals surface area contributed by atoms with E-state index in [1.165, 1.54) is 32.6 Å². The Balaban J connectivity index is 1.50. The lowest BCUT2D eigenvalue weighted by molar-refractivity contribution is -0.0893. The average Bonchev–Trinajstić information content (AvgIpc) is 3.26. The fraction of sp³-hybridized carbons (Fsp3) is 0.176. The molecule has 0 unspecified atom stereocenters. The summed E-state index contributed by atoms with van der Waals surface area (Å²) in [5, 5.41) is 15.5. The average molecular weight is 497 g/mol. The molecule has 0 saturated heterocycles. The third kappa shape index (κ3) is 4.20. The lowest BCUT2D eigenvalue weighted by Gasteiger charge is -2.37. The van der Waals surface area contributed by atoms with Gasteiger partial charge >= 0.3 is 7.48 Å². The van der Waals surface area contributed by atoms with Gasteiger partial charge in [-0.25, -0.2) is 0 Å². The van der Waals surface area contributed by atoms with E-state index in [2.05, 4.69) is 114 Å². The standard InChI is InChI=1S/C34H32BNO2/c1-33(2,37)34(3,4)38-35-26-13-10-12-24(21-26)25-17-19-29-31(22-25)36(27-14-6-5-7-15-27)30-20-18-23-11-8-9-16-28(23)32(29)30/h5-22,35,37H,1-4H3. The first kappa shape index (κ1) is 24.5. The van der Waals surface area contributed by atoms with Gasteiger partial charge in [0.25, 0.3) is 0 Å². The Morgan fingerprint density at radius 2 is 1.39 bits per heavy atom. The Labute approximate surface area is 224 Å². The molecule has 1 N–H and O–H groups in total. The van der Waals surface area contributed by atoms with E-state index in [9.17, 15) is 5.11 Å². The lowest BCUT2D eigenvalue weighted by atomic mass is 9.81. The first-order valence-corrected chi connectivity index (χ1v) is 13.2. The first-order chi connectivity index (χ1) is 18.2. The van der Waals surface area contributed by atoms with Crippen LogP contribution in [0.15, 0.2) is 109 Å². The van der Waals surface area contributed by atoms with Crippen molar-refractivity contribution >= 4 is 45.5 Å². The molecule has 0 radical (unpaired) electrons. The van der Waals surface area contributed by atoms with Crippen molar-refractivity contribution in [3.05, 3.63) is 109 Å². The highest BCUT2D eigenvalue weighted by Gasteiger charge is 2.35. The number of nitrogens with zero attached hydrogens (tertiary/aromatic N) is 1. The van der Waals surface area contributed by atoms with Gasteiger partial charge in [0.05, 0.1) is 22.2 Å². The molecule has 6 aromatic rings. The predicted molar refractivity (Wildman–Crippen MR) is 162 cm³/mol. The van der Waals surface area contributed by atoms with Gasteiger partial charge in [0.2, 0.25) is 0 Å². The summed E-state index contributed by atoms with van der Waals surface area (Å²) in [6.45, 7) is 7.43. The Kier molecular flexibility index (Phi) is 5.90. The Hall–Kier alpha value is -3.86. The molecule has 0 bridgehead atoms. The third-order valence-corrected chi connectivity index (χ3v) is 8.00. The van der Waals surface area contributed by atoms with Crippen molar-refractivity contribution in [2.75, 3.05) is 0 Å². The van der Waals surface area contributed by atoms with Gasteiger partial charge in [0.15, 0.2) is 0 Å². The highest BCUT2D eigenvalue weighted by Crippen LogP contribution is 2.38. The number of hydrogen-bond donors (Lipinski definition) is 1. The van der Waals surface area contributed by atoms with E-state index in [0.717, 1.165) is 22.3 Å². The second-order valence-corrected chi connectivity index (χ2v) is 11.1. The Morgan fingerprint density at radius 3 is 2.18 bits per heavy atom. The molecule has 0 aliphatic carbocycles. The van der Waals surface area contributed by atoms with E-state index >= 15 is 0 Å². The topological polar surface area (TPSA) is 34.4 Å². The largest absolute Gasteiger partial charge is 0.427 e. The van der Waals surface area contributed by atoms with Gasteiger partial charge in [0.1, 0.15) is 0 Å². The normalized spacial score (nSPS) is 12.4. The molecule has 3 nitrogen and oxygen atoms in total. The van der Waals surface area contributed by atoms with Crippen molar-refractivity contribution in [3.63, 3.8) is 0 Å². The summed E-state index contributed by atoms with van der Waals surface area (Å²) in [5.41, 5.74) is 5.31. The molecular formula is C34H32BNO2. The molecule has 0 aliphatic heterocycles. The van der Waals surface area contributed by atoms with Gasteiger partial charge in [-0.05, 0) is 73.9 Å². The van der Waals surface area contributed by atoms with Crippen molar-refractivity contribution in [2.24, 2.45) is 0 Å². The van der Waals surface area contributed by atoms with E-state index < -0.39 is 11.2 Å². The minimum Gasteiger partial charge on any atom is -0.427 e. The van der Waals surface area contributed by atoms with Crippen LogP contribution in [0.25, 0.3) is 49.4 Å². The van der Waals surface area contributed by atoms with Gasteiger partial charge in [-0.3, -0.25) is 0 Å². The maximum absolute atomic E-state index is 10.5. The van der Waals surface area contributed by atoms with E-state index in [-0.39, 0.29) is 0 Å². The van der Waals surface area contributed by atoms with E-state index in [1.807, 2.05) is 13.8 Å². The minimum atomic E-state index is -0.940. The number of benzene rings is 5. The highest BCUT2D eigenvalue weighted by molar-refractivity contribution is 6.47. The molecule has 0 fully saturated rings. The molecule has 4 heteroatoms. The van der Waals surface area contributed by atoms with Crippen LogP contribution in [0, 0.1) is 0 Å². The molecule has 5 aromatic carbocycles. The van der Waals surface area contributed by atoms with E-state index in [0.29, 0.717) is 7.48 Å². The SMILES string of the molecule is CC(C)(O)C(C)(C)OBc1cccc(-c2ccc3c4c5ccccc5ccc4n(-c4ccccc4)c3c2)c1. The number of rotatable bonds is 6. The number of para-hydroxylation sites is 1. The summed E-state index contributed by atoms with van der Waals surface area (Å²) < 4.78 is 8.52. The van der Waals surface area contributed by atoms with Crippen molar-refractivity contribution in [1.29, 1.82) is 0 Å². The van der Waals surface area contributed by atoms with Crippen LogP contribution in [0.2, 0.25) is 0 Å². The van der Waals surface area contributed by atoms with Crippen molar-refractivity contribution in [2.45, 2.75) is 38.9 Å². The molecular weight excluding hydrogens is 465 g/mol. The van der Waals surface area contributed by atoms with Crippen LogP contribution >= 0.6 is 0 Å². The highest BCUT2D eigenvalue weighted by atomic mass is 16.5. The molecule has 38 heavy (non-hydrogen) atoms. The number of aliphatic hydroxyl groups is 1. The molecule has 0 amide bonds. The molecule has 0 spiro atoms. The zero-order valence-electron chi connectivity index (χ0n) is 22.4. The zero-order valence-corrected chi connectivity index (χ0v) is 22.4. The number of fused-ring (bicyclic) bond motifs is 5. The van der Waals surface area contributed by atoms with Crippen LogP contribution < -0.4 is 5.46 Å². The van der Waals surface area contributed by atoms with Crippen molar-refractivity contribution in [3.8, 4) is 16.8 Å². The summed E-state index contributed by atoms with van der Waals surface area (Å²) in [5.74, 6) is 0. The van der Waals surface area contributed by atoms with Crippen LogP contribution in [0.5, 0.6) is 0 Å². The second kappa shape index (κ2) is 9.16. The molecule has 6 rings (SSSR count). The molecule has 1 heterocycles. The summed E-state index contributed by atoms with van der Waals surface area (Å²) in [7, 11) is 0.434. The zero-order chi connectivity index (χ0) is 26.5.